The highest BCUT2D eigenvalue weighted by molar-refractivity contribution is 7.15. The van der Waals surface area contributed by atoms with Crippen LogP contribution in [0.3, 0.4) is 0 Å². The summed E-state index contributed by atoms with van der Waals surface area (Å²) in [6.07, 6.45) is 7.16. The lowest BCUT2D eigenvalue weighted by atomic mass is 10.3. The van der Waals surface area contributed by atoms with Crippen LogP contribution in [-0.2, 0) is 4.79 Å². The number of hydrogen-bond donors (Lipinski definition) is 0. The molecule has 0 aromatic carbocycles. The van der Waals surface area contributed by atoms with Crippen molar-refractivity contribution < 1.29 is 4.79 Å². The van der Waals surface area contributed by atoms with Gasteiger partial charge in [-0.3, -0.25) is 4.79 Å². The first-order valence-corrected chi connectivity index (χ1v) is 7.15. The van der Waals surface area contributed by atoms with Gasteiger partial charge in [-0.05, 0) is 13.8 Å². The maximum atomic E-state index is 11.9. The van der Waals surface area contributed by atoms with Gasteiger partial charge in [-0.15, -0.1) is 10.2 Å². The molecule has 1 saturated heterocycles. The van der Waals surface area contributed by atoms with Crippen molar-refractivity contribution in [2.24, 2.45) is 0 Å². The molecular formula is C13H18N4OS. The largest absolute Gasteiger partial charge is 0.343 e. The summed E-state index contributed by atoms with van der Waals surface area (Å²) in [6, 6.07) is 0. The second-order valence-corrected chi connectivity index (χ2v) is 5.46. The molecule has 0 bridgehead atoms. The summed E-state index contributed by atoms with van der Waals surface area (Å²) in [5, 5.41) is 10.1. The van der Waals surface area contributed by atoms with Crippen LogP contribution in [0.25, 0.3) is 0 Å². The summed E-state index contributed by atoms with van der Waals surface area (Å²) in [6.45, 7) is 6.98. The van der Waals surface area contributed by atoms with Crippen molar-refractivity contribution in [3.8, 4) is 0 Å². The third kappa shape index (κ3) is 3.64. The zero-order valence-electron chi connectivity index (χ0n) is 11.2. The first kappa shape index (κ1) is 13.7. The van der Waals surface area contributed by atoms with Crippen LogP contribution >= 0.6 is 11.3 Å². The zero-order valence-corrected chi connectivity index (χ0v) is 12.1. The number of aryl methyl sites for hydroxylation is 1. The van der Waals surface area contributed by atoms with Gasteiger partial charge in [-0.25, -0.2) is 0 Å². The Morgan fingerprint density at radius 2 is 1.95 bits per heavy atom. The Morgan fingerprint density at radius 3 is 2.53 bits per heavy atom. The molecule has 102 valence electrons. The summed E-state index contributed by atoms with van der Waals surface area (Å²) in [7, 11) is 0. The molecule has 2 rings (SSSR count). The third-order valence-electron chi connectivity index (χ3n) is 2.92. The quantitative estimate of drug-likeness (QED) is 0.623. The van der Waals surface area contributed by atoms with E-state index < -0.39 is 0 Å². The Kier molecular flexibility index (Phi) is 4.68. The van der Waals surface area contributed by atoms with Crippen molar-refractivity contribution in [1.29, 1.82) is 0 Å². The van der Waals surface area contributed by atoms with Crippen LogP contribution in [0.5, 0.6) is 0 Å². The number of anilines is 1. The fourth-order valence-electron chi connectivity index (χ4n) is 1.89. The molecule has 0 aliphatic carbocycles. The summed E-state index contributed by atoms with van der Waals surface area (Å²) in [5.74, 6) is 0.0752. The van der Waals surface area contributed by atoms with Gasteiger partial charge >= 0.3 is 0 Å². The number of allylic oxidation sites excluding steroid dienone is 3. The molecule has 0 spiro atoms. The number of rotatable bonds is 3. The molecule has 0 unspecified atom stereocenters. The average Bonchev–Trinajstić information content (AvgIpc) is 2.86. The van der Waals surface area contributed by atoms with Gasteiger partial charge in [-0.1, -0.05) is 29.6 Å². The minimum Gasteiger partial charge on any atom is -0.343 e. The number of carbonyl (C=O) groups is 1. The van der Waals surface area contributed by atoms with Gasteiger partial charge < -0.3 is 9.80 Å². The highest BCUT2D eigenvalue weighted by Crippen LogP contribution is 2.20. The van der Waals surface area contributed by atoms with E-state index in [1.807, 2.05) is 30.9 Å². The Hall–Kier alpha value is -1.69. The molecule has 1 aromatic rings. The Bertz CT molecular complexity index is 487. The first-order chi connectivity index (χ1) is 9.20. The Balaban J connectivity index is 1.87. The molecule has 0 N–H and O–H groups in total. The van der Waals surface area contributed by atoms with Crippen molar-refractivity contribution >= 4 is 22.4 Å². The number of hydrogen-bond acceptors (Lipinski definition) is 5. The van der Waals surface area contributed by atoms with Gasteiger partial charge in [0.25, 0.3) is 0 Å². The van der Waals surface area contributed by atoms with E-state index in [0.717, 1.165) is 36.3 Å². The molecule has 1 amide bonds. The molecule has 5 nitrogen and oxygen atoms in total. The molecule has 1 aromatic heterocycles. The summed E-state index contributed by atoms with van der Waals surface area (Å²) >= 11 is 1.60. The molecule has 2 heterocycles. The molecule has 1 fully saturated rings. The van der Waals surface area contributed by atoms with Crippen LogP contribution in [-0.4, -0.2) is 47.2 Å². The van der Waals surface area contributed by atoms with Gasteiger partial charge in [0, 0.05) is 32.3 Å². The summed E-state index contributed by atoms with van der Waals surface area (Å²) in [4.78, 5) is 15.9. The normalized spacial score (nSPS) is 16.7. The fourth-order valence-corrected chi connectivity index (χ4v) is 2.63. The number of aromatic nitrogens is 2. The SMILES string of the molecule is C/C=C/C=C/C(=O)N1CCN(c2nnc(C)s2)CC1. The van der Waals surface area contributed by atoms with Gasteiger partial charge in [0.2, 0.25) is 11.0 Å². The van der Waals surface area contributed by atoms with E-state index in [4.69, 9.17) is 0 Å². The number of nitrogens with zero attached hydrogens (tertiary/aromatic N) is 4. The maximum absolute atomic E-state index is 11.9. The van der Waals surface area contributed by atoms with Crippen LogP contribution in [0.4, 0.5) is 5.13 Å². The summed E-state index contributed by atoms with van der Waals surface area (Å²) in [5.41, 5.74) is 0. The molecule has 6 heteroatoms. The lowest BCUT2D eigenvalue weighted by Crippen LogP contribution is -2.48. The van der Waals surface area contributed by atoms with Crippen molar-refractivity contribution in [2.45, 2.75) is 13.8 Å². The van der Waals surface area contributed by atoms with Crippen LogP contribution in [0, 0.1) is 6.92 Å². The fraction of sp³-hybridized carbons (Fsp3) is 0.462. The highest BCUT2D eigenvalue weighted by atomic mass is 32.1. The smallest absolute Gasteiger partial charge is 0.246 e. The van der Waals surface area contributed by atoms with Crippen LogP contribution < -0.4 is 4.90 Å². The van der Waals surface area contributed by atoms with E-state index in [2.05, 4.69) is 15.1 Å². The number of amides is 1. The van der Waals surface area contributed by atoms with E-state index in [9.17, 15) is 4.79 Å². The van der Waals surface area contributed by atoms with E-state index in [1.54, 1.807) is 23.5 Å². The van der Waals surface area contributed by atoms with Gasteiger partial charge in [0.15, 0.2) is 0 Å². The topological polar surface area (TPSA) is 49.3 Å². The molecule has 0 saturated carbocycles. The van der Waals surface area contributed by atoms with Gasteiger partial charge in [-0.2, -0.15) is 0 Å². The predicted molar refractivity (Wildman–Crippen MR) is 77.4 cm³/mol. The second-order valence-electron chi connectivity index (χ2n) is 4.30. The van der Waals surface area contributed by atoms with Crippen molar-refractivity contribution in [2.75, 3.05) is 31.1 Å². The lowest BCUT2D eigenvalue weighted by molar-refractivity contribution is -0.126. The molecule has 0 radical (unpaired) electrons. The third-order valence-corrected chi connectivity index (χ3v) is 3.82. The second kappa shape index (κ2) is 6.47. The van der Waals surface area contributed by atoms with Crippen LogP contribution in [0.15, 0.2) is 24.3 Å². The van der Waals surface area contributed by atoms with Crippen LogP contribution in [0.2, 0.25) is 0 Å². The molecule has 1 aliphatic heterocycles. The Morgan fingerprint density at radius 1 is 1.21 bits per heavy atom. The average molecular weight is 278 g/mol. The van der Waals surface area contributed by atoms with Gasteiger partial charge in [0.1, 0.15) is 5.01 Å². The van der Waals surface area contributed by atoms with Crippen molar-refractivity contribution in [1.82, 2.24) is 15.1 Å². The van der Waals surface area contributed by atoms with E-state index >= 15 is 0 Å². The Labute approximate surface area is 117 Å². The lowest BCUT2D eigenvalue weighted by Gasteiger charge is -2.33. The molecular weight excluding hydrogens is 260 g/mol. The highest BCUT2D eigenvalue weighted by Gasteiger charge is 2.21. The monoisotopic (exact) mass is 278 g/mol. The van der Waals surface area contributed by atoms with E-state index in [1.165, 1.54) is 0 Å². The number of piperazine rings is 1. The number of carbonyl (C=O) groups excluding carboxylic acids is 1. The van der Waals surface area contributed by atoms with E-state index in [-0.39, 0.29) is 5.91 Å². The van der Waals surface area contributed by atoms with Crippen molar-refractivity contribution in [3.05, 3.63) is 29.3 Å². The summed E-state index contributed by atoms with van der Waals surface area (Å²) < 4.78 is 0. The predicted octanol–water partition coefficient (Wildman–Crippen LogP) is 1.63. The molecule has 19 heavy (non-hydrogen) atoms. The maximum Gasteiger partial charge on any atom is 0.246 e. The first-order valence-electron chi connectivity index (χ1n) is 6.34. The van der Waals surface area contributed by atoms with Crippen LogP contribution in [0.1, 0.15) is 11.9 Å². The van der Waals surface area contributed by atoms with E-state index in [0.29, 0.717) is 0 Å². The minimum absolute atomic E-state index is 0.0752. The molecule has 0 atom stereocenters. The van der Waals surface area contributed by atoms with Gasteiger partial charge in [0.05, 0.1) is 0 Å². The minimum atomic E-state index is 0.0752. The zero-order chi connectivity index (χ0) is 13.7. The van der Waals surface area contributed by atoms with Crippen molar-refractivity contribution in [3.63, 3.8) is 0 Å². The standard InChI is InChI=1S/C13H18N4OS/c1-3-4-5-6-12(18)16-7-9-17(10-8-16)13-15-14-11(2)19-13/h3-6H,7-10H2,1-2H3/b4-3+,6-5+. The molecule has 1 aliphatic rings.